The molecule has 0 fully saturated rings. The number of nitrogens with one attached hydrogen (secondary N) is 1. The second kappa shape index (κ2) is 10.5. The van der Waals surface area contributed by atoms with E-state index in [4.69, 9.17) is 4.74 Å². The first-order chi connectivity index (χ1) is 17.9. The SMILES string of the molecule is CC(=O)N1CCc2ccc(OCc3nc(C(=O)Nc4ccc(C)cc4)cs3)cc2[C@H]1c1cccc(F)c1. The molecular weight excluding hydrogens is 489 g/mol. The first-order valence-corrected chi connectivity index (χ1v) is 12.9. The van der Waals surface area contributed by atoms with Gasteiger partial charge in [0.15, 0.2) is 0 Å². The number of carbonyl (C=O) groups excluding carboxylic acids is 2. The van der Waals surface area contributed by atoms with E-state index < -0.39 is 6.04 Å². The number of halogens is 1. The van der Waals surface area contributed by atoms with Crippen molar-refractivity contribution in [2.24, 2.45) is 0 Å². The summed E-state index contributed by atoms with van der Waals surface area (Å²) in [5.74, 6) is -0.0641. The van der Waals surface area contributed by atoms with Crippen LogP contribution in [0.4, 0.5) is 10.1 Å². The fourth-order valence-corrected chi connectivity index (χ4v) is 5.20. The molecule has 1 N–H and O–H groups in total. The van der Waals surface area contributed by atoms with Crippen molar-refractivity contribution < 1.29 is 18.7 Å². The molecule has 0 radical (unpaired) electrons. The van der Waals surface area contributed by atoms with E-state index in [0.717, 1.165) is 22.3 Å². The lowest BCUT2D eigenvalue weighted by Crippen LogP contribution is -2.39. The number of nitrogens with zero attached hydrogens (tertiary/aromatic N) is 2. The summed E-state index contributed by atoms with van der Waals surface area (Å²) in [4.78, 5) is 31.2. The van der Waals surface area contributed by atoms with Gasteiger partial charge in [-0.1, -0.05) is 35.9 Å². The Balaban J connectivity index is 1.32. The summed E-state index contributed by atoms with van der Waals surface area (Å²) in [6.07, 6.45) is 0.715. The zero-order valence-electron chi connectivity index (χ0n) is 20.5. The van der Waals surface area contributed by atoms with Gasteiger partial charge in [0.1, 0.15) is 28.9 Å². The third-order valence-corrected chi connectivity index (χ3v) is 7.19. The number of thiazole rings is 1. The average Bonchev–Trinajstić information content (AvgIpc) is 3.37. The Kier molecular flexibility index (Phi) is 7.01. The Morgan fingerprint density at radius 2 is 1.95 bits per heavy atom. The van der Waals surface area contributed by atoms with Gasteiger partial charge in [-0.15, -0.1) is 11.3 Å². The van der Waals surface area contributed by atoms with E-state index >= 15 is 0 Å². The number of ether oxygens (including phenoxy) is 1. The minimum absolute atomic E-state index is 0.0644. The topological polar surface area (TPSA) is 71.5 Å². The standard InChI is InChI=1S/C29H26FN3O3S/c1-18-6-9-23(10-7-18)31-29(35)26-17-37-27(32-26)16-36-24-11-8-20-12-13-33(19(2)34)28(25(20)15-24)21-4-3-5-22(30)14-21/h3-11,14-15,17,28H,12-13,16H2,1-2H3,(H,31,35)/t28-/m1/s1. The molecule has 6 nitrogen and oxygen atoms in total. The Hall–Kier alpha value is -4.04. The highest BCUT2D eigenvalue weighted by Crippen LogP contribution is 2.37. The molecule has 1 aliphatic rings. The van der Waals surface area contributed by atoms with Crippen LogP contribution in [-0.2, 0) is 17.8 Å². The van der Waals surface area contributed by atoms with Crippen molar-refractivity contribution in [2.45, 2.75) is 32.9 Å². The summed E-state index contributed by atoms with van der Waals surface area (Å²) in [6.45, 7) is 4.28. The summed E-state index contributed by atoms with van der Waals surface area (Å²) in [6, 6.07) is 19.4. The van der Waals surface area contributed by atoms with Crippen LogP contribution in [0.5, 0.6) is 5.75 Å². The molecule has 0 spiro atoms. The number of carbonyl (C=O) groups is 2. The third kappa shape index (κ3) is 5.54. The minimum atomic E-state index is -0.391. The van der Waals surface area contributed by atoms with Gasteiger partial charge in [-0.05, 0) is 66.4 Å². The van der Waals surface area contributed by atoms with Crippen molar-refractivity contribution in [3.63, 3.8) is 0 Å². The second-order valence-corrected chi connectivity index (χ2v) is 9.96. The van der Waals surface area contributed by atoms with Gasteiger partial charge in [-0.25, -0.2) is 9.37 Å². The Bertz CT molecular complexity index is 1450. The Morgan fingerprint density at radius 1 is 1.14 bits per heavy atom. The summed E-state index contributed by atoms with van der Waals surface area (Å²) >= 11 is 1.35. The number of benzene rings is 3. The first kappa shape index (κ1) is 24.6. The zero-order chi connectivity index (χ0) is 25.9. The van der Waals surface area contributed by atoms with Gasteiger partial charge in [0.25, 0.3) is 5.91 Å². The van der Waals surface area contributed by atoms with E-state index in [1.807, 2.05) is 55.5 Å². The maximum absolute atomic E-state index is 14.0. The van der Waals surface area contributed by atoms with Crippen LogP contribution in [0.15, 0.2) is 72.1 Å². The maximum atomic E-state index is 14.0. The lowest BCUT2D eigenvalue weighted by atomic mass is 9.88. The average molecular weight is 516 g/mol. The molecule has 0 aliphatic carbocycles. The molecule has 4 aromatic rings. The van der Waals surface area contributed by atoms with Crippen LogP contribution in [0.1, 0.15) is 50.7 Å². The molecule has 2 amide bonds. The third-order valence-electron chi connectivity index (χ3n) is 6.37. The van der Waals surface area contributed by atoms with E-state index in [-0.39, 0.29) is 24.2 Å². The number of rotatable bonds is 6. The number of hydrogen-bond acceptors (Lipinski definition) is 5. The molecular formula is C29H26FN3O3S. The molecule has 0 saturated carbocycles. The zero-order valence-corrected chi connectivity index (χ0v) is 21.3. The van der Waals surface area contributed by atoms with E-state index in [1.54, 1.807) is 16.3 Å². The van der Waals surface area contributed by atoms with Crippen molar-refractivity contribution in [3.05, 3.63) is 111 Å². The summed E-state index contributed by atoms with van der Waals surface area (Å²) in [5.41, 5.74) is 4.90. The van der Waals surface area contributed by atoms with Crippen molar-refractivity contribution in [2.75, 3.05) is 11.9 Å². The van der Waals surface area contributed by atoms with Gasteiger partial charge in [-0.2, -0.15) is 0 Å². The van der Waals surface area contributed by atoms with Gasteiger partial charge in [0, 0.05) is 24.5 Å². The van der Waals surface area contributed by atoms with Gasteiger partial charge in [-0.3, -0.25) is 9.59 Å². The van der Waals surface area contributed by atoms with Crippen LogP contribution in [0.25, 0.3) is 0 Å². The largest absolute Gasteiger partial charge is 0.486 e. The molecule has 1 atom stereocenters. The lowest BCUT2D eigenvalue weighted by Gasteiger charge is -2.37. The molecule has 2 heterocycles. The fourth-order valence-electron chi connectivity index (χ4n) is 4.52. The molecule has 5 rings (SSSR count). The molecule has 3 aromatic carbocycles. The van der Waals surface area contributed by atoms with Gasteiger partial charge in [0.2, 0.25) is 5.91 Å². The summed E-state index contributed by atoms with van der Waals surface area (Å²) in [5, 5.41) is 5.22. The van der Waals surface area contributed by atoms with Crippen LogP contribution in [0.2, 0.25) is 0 Å². The number of amides is 2. The molecule has 0 saturated heterocycles. The predicted molar refractivity (Wildman–Crippen MR) is 141 cm³/mol. The summed E-state index contributed by atoms with van der Waals surface area (Å²) in [7, 11) is 0. The van der Waals surface area contributed by atoms with Crippen molar-refractivity contribution >= 4 is 28.8 Å². The van der Waals surface area contributed by atoms with Gasteiger partial charge in [0.05, 0.1) is 6.04 Å². The number of fused-ring (bicyclic) bond motifs is 1. The number of anilines is 1. The maximum Gasteiger partial charge on any atom is 0.275 e. The highest BCUT2D eigenvalue weighted by Gasteiger charge is 2.31. The monoisotopic (exact) mass is 515 g/mol. The second-order valence-electron chi connectivity index (χ2n) is 9.02. The molecule has 1 aromatic heterocycles. The number of hydrogen-bond donors (Lipinski definition) is 1. The Morgan fingerprint density at radius 3 is 2.70 bits per heavy atom. The Labute approximate surface area is 218 Å². The highest BCUT2D eigenvalue weighted by molar-refractivity contribution is 7.09. The number of aromatic nitrogens is 1. The van der Waals surface area contributed by atoms with Crippen LogP contribution in [-0.4, -0.2) is 28.2 Å². The van der Waals surface area contributed by atoms with Crippen LogP contribution in [0, 0.1) is 12.7 Å². The van der Waals surface area contributed by atoms with Crippen LogP contribution in [0.3, 0.4) is 0 Å². The summed E-state index contributed by atoms with van der Waals surface area (Å²) < 4.78 is 20.1. The first-order valence-electron chi connectivity index (χ1n) is 12.0. The van der Waals surface area contributed by atoms with Gasteiger partial charge >= 0.3 is 0 Å². The molecule has 188 valence electrons. The lowest BCUT2D eigenvalue weighted by molar-refractivity contribution is -0.130. The van der Waals surface area contributed by atoms with Crippen LogP contribution >= 0.6 is 11.3 Å². The minimum Gasteiger partial charge on any atom is -0.486 e. The van der Waals surface area contributed by atoms with Crippen molar-refractivity contribution in [1.82, 2.24) is 9.88 Å². The quantitative estimate of drug-likeness (QED) is 0.346. The van der Waals surface area contributed by atoms with E-state index in [0.29, 0.717) is 35.1 Å². The molecule has 1 aliphatic heterocycles. The van der Waals surface area contributed by atoms with Crippen molar-refractivity contribution in [1.29, 1.82) is 0 Å². The van der Waals surface area contributed by atoms with Gasteiger partial charge < -0.3 is 15.0 Å². The molecule has 37 heavy (non-hydrogen) atoms. The predicted octanol–water partition coefficient (Wildman–Crippen LogP) is 5.92. The van der Waals surface area contributed by atoms with E-state index in [2.05, 4.69) is 10.3 Å². The fraction of sp³-hybridized carbons (Fsp3) is 0.207. The molecule has 8 heteroatoms. The smallest absolute Gasteiger partial charge is 0.275 e. The van der Waals surface area contributed by atoms with E-state index in [1.165, 1.54) is 30.4 Å². The number of aryl methyl sites for hydroxylation is 1. The molecule has 0 bridgehead atoms. The molecule has 0 unspecified atom stereocenters. The van der Waals surface area contributed by atoms with E-state index in [9.17, 15) is 14.0 Å². The normalized spacial score (nSPS) is 14.7. The van der Waals surface area contributed by atoms with Crippen LogP contribution < -0.4 is 10.1 Å². The highest BCUT2D eigenvalue weighted by atomic mass is 32.1. The van der Waals surface area contributed by atoms with Crippen molar-refractivity contribution in [3.8, 4) is 5.75 Å².